The van der Waals surface area contributed by atoms with Crippen molar-refractivity contribution >= 4 is 28.9 Å². The summed E-state index contributed by atoms with van der Waals surface area (Å²) in [6, 6.07) is 13.1. The molecule has 1 amide bonds. The van der Waals surface area contributed by atoms with Crippen LogP contribution in [0, 0.1) is 25.7 Å². The molecule has 1 aliphatic rings. The van der Waals surface area contributed by atoms with Crippen LogP contribution in [0.3, 0.4) is 0 Å². The van der Waals surface area contributed by atoms with Gasteiger partial charge in [-0.3, -0.25) is 19.5 Å². The maximum Gasteiger partial charge on any atom is 0.256 e. The summed E-state index contributed by atoms with van der Waals surface area (Å²) in [5, 5.41) is 9.34. The molecule has 0 saturated carbocycles. The highest BCUT2D eigenvalue weighted by Crippen LogP contribution is 2.18. The largest absolute Gasteiger partial charge is 0.340 e. The second kappa shape index (κ2) is 9.17. The second-order valence-electron chi connectivity index (χ2n) is 8.03. The van der Waals surface area contributed by atoms with E-state index in [0.717, 1.165) is 39.6 Å². The van der Waals surface area contributed by atoms with Gasteiger partial charge in [-0.2, -0.15) is 0 Å². The predicted octanol–water partition coefficient (Wildman–Crippen LogP) is 3.37. The van der Waals surface area contributed by atoms with Crippen molar-refractivity contribution in [2.45, 2.75) is 13.8 Å². The number of pyridine rings is 2. The molecule has 0 radical (unpaired) electrons. The monoisotopic (exact) mass is 449 g/mol. The van der Waals surface area contributed by atoms with Gasteiger partial charge in [-0.1, -0.05) is 12.0 Å². The van der Waals surface area contributed by atoms with Crippen molar-refractivity contribution in [2.24, 2.45) is 4.99 Å². The molecule has 5 rings (SSSR count). The van der Waals surface area contributed by atoms with Crippen molar-refractivity contribution in [3.8, 4) is 11.8 Å². The number of nitrogens with zero attached hydrogens (tertiary/aromatic N) is 4. The molecule has 1 aliphatic heterocycles. The number of amidine groups is 1. The SMILES string of the molecule is Cc1ccnc(NC(=O)c2ccc(C)c(C#Cc3cnc4c(NC5=NCNC5)cccn34)c2)c1. The van der Waals surface area contributed by atoms with Gasteiger partial charge in [0.1, 0.15) is 17.3 Å². The summed E-state index contributed by atoms with van der Waals surface area (Å²) in [6.07, 6.45) is 5.35. The van der Waals surface area contributed by atoms with Gasteiger partial charge in [0.15, 0.2) is 5.65 Å². The van der Waals surface area contributed by atoms with E-state index in [1.54, 1.807) is 24.5 Å². The Morgan fingerprint density at radius 1 is 1.12 bits per heavy atom. The Morgan fingerprint density at radius 2 is 2.03 bits per heavy atom. The molecule has 0 unspecified atom stereocenters. The fourth-order valence-electron chi connectivity index (χ4n) is 3.64. The summed E-state index contributed by atoms with van der Waals surface area (Å²) in [5.41, 5.74) is 5.72. The maximum absolute atomic E-state index is 12.7. The maximum atomic E-state index is 12.7. The van der Waals surface area contributed by atoms with Gasteiger partial charge in [-0.05, 0) is 67.3 Å². The summed E-state index contributed by atoms with van der Waals surface area (Å²) in [4.78, 5) is 25.9. The van der Waals surface area contributed by atoms with Gasteiger partial charge in [0.05, 0.1) is 25.1 Å². The normalized spacial score (nSPS) is 12.7. The zero-order valence-corrected chi connectivity index (χ0v) is 18.9. The smallest absolute Gasteiger partial charge is 0.256 e. The Kier molecular flexibility index (Phi) is 5.77. The second-order valence-corrected chi connectivity index (χ2v) is 8.03. The van der Waals surface area contributed by atoms with Crippen LogP contribution in [0.5, 0.6) is 0 Å². The number of imidazole rings is 1. The van der Waals surface area contributed by atoms with Crippen LogP contribution in [0.1, 0.15) is 32.7 Å². The average Bonchev–Trinajstić information content (AvgIpc) is 3.49. The molecule has 34 heavy (non-hydrogen) atoms. The third-order valence-corrected chi connectivity index (χ3v) is 5.47. The molecular weight excluding hydrogens is 426 g/mol. The molecule has 8 heteroatoms. The minimum atomic E-state index is -0.226. The Hall–Kier alpha value is -4.48. The lowest BCUT2D eigenvalue weighted by Gasteiger charge is -2.07. The van der Waals surface area contributed by atoms with Gasteiger partial charge in [0.25, 0.3) is 5.91 Å². The number of rotatable bonds is 3. The standard InChI is InChI=1S/C26H23N7O/c1-17-9-10-28-23(12-17)32-26(34)20-6-5-18(2)19(13-20)7-8-21-14-29-25-22(4-3-11-33(21)25)31-24-15-27-16-30-24/h3-6,9-14,27H,15-16H2,1-2H3,(H,30,31)(H,28,32,34). The molecule has 0 saturated heterocycles. The summed E-state index contributed by atoms with van der Waals surface area (Å²) in [5.74, 6) is 7.59. The summed E-state index contributed by atoms with van der Waals surface area (Å²) in [6.45, 7) is 5.25. The van der Waals surface area contributed by atoms with E-state index in [-0.39, 0.29) is 5.91 Å². The fraction of sp³-hybridized carbons (Fsp3) is 0.154. The molecule has 0 aliphatic carbocycles. The van der Waals surface area contributed by atoms with Crippen molar-refractivity contribution in [3.05, 3.63) is 89.0 Å². The summed E-state index contributed by atoms with van der Waals surface area (Å²) >= 11 is 0. The van der Waals surface area contributed by atoms with E-state index >= 15 is 0 Å². The van der Waals surface area contributed by atoms with E-state index < -0.39 is 0 Å². The molecule has 0 fully saturated rings. The van der Waals surface area contributed by atoms with E-state index in [9.17, 15) is 4.79 Å². The van der Waals surface area contributed by atoms with Gasteiger partial charge < -0.3 is 10.6 Å². The van der Waals surface area contributed by atoms with Crippen molar-refractivity contribution < 1.29 is 4.79 Å². The zero-order valence-electron chi connectivity index (χ0n) is 18.9. The van der Waals surface area contributed by atoms with Crippen molar-refractivity contribution in [2.75, 3.05) is 23.8 Å². The van der Waals surface area contributed by atoms with Crippen molar-refractivity contribution in [1.29, 1.82) is 0 Å². The first-order chi connectivity index (χ1) is 16.6. The number of hydrogen-bond acceptors (Lipinski definition) is 6. The molecule has 0 spiro atoms. The number of hydrogen-bond donors (Lipinski definition) is 3. The number of nitrogens with one attached hydrogen (secondary N) is 3. The lowest BCUT2D eigenvalue weighted by molar-refractivity contribution is 0.102. The molecule has 168 valence electrons. The van der Waals surface area contributed by atoms with Crippen LogP contribution in [0.15, 0.2) is 66.0 Å². The molecule has 3 N–H and O–H groups in total. The van der Waals surface area contributed by atoms with E-state index in [0.29, 0.717) is 24.6 Å². The Morgan fingerprint density at radius 3 is 2.85 bits per heavy atom. The van der Waals surface area contributed by atoms with Crippen molar-refractivity contribution in [3.63, 3.8) is 0 Å². The Bertz CT molecular complexity index is 1490. The number of aliphatic imine (C=N–C) groups is 1. The molecule has 1 aromatic carbocycles. The topological polar surface area (TPSA) is 95.7 Å². The highest BCUT2D eigenvalue weighted by Gasteiger charge is 2.11. The highest BCUT2D eigenvalue weighted by atomic mass is 16.1. The zero-order chi connectivity index (χ0) is 23.5. The molecule has 0 atom stereocenters. The lowest BCUT2D eigenvalue weighted by Crippen LogP contribution is -2.20. The van der Waals surface area contributed by atoms with E-state index in [2.05, 4.69) is 42.8 Å². The lowest BCUT2D eigenvalue weighted by atomic mass is 10.0. The van der Waals surface area contributed by atoms with Gasteiger partial charge >= 0.3 is 0 Å². The van der Waals surface area contributed by atoms with Gasteiger partial charge in [0.2, 0.25) is 0 Å². The first kappa shape index (κ1) is 21.4. The number of carbonyl (C=O) groups excluding carboxylic acids is 1. The fourth-order valence-corrected chi connectivity index (χ4v) is 3.64. The third-order valence-electron chi connectivity index (χ3n) is 5.47. The number of aromatic nitrogens is 3. The van der Waals surface area contributed by atoms with Crippen LogP contribution in [-0.2, 0) is 0 Å². The average molecular weight is 450 g/mol. The minimum Gasteiger partial charge on any atom is -0.340 e. The minimum absolute atomic E-state index is 0.226. The van der Waals surface area contributed by atoms with Crippen LogP contribution in [0.4, 0.5) is 11.5 Å². The van der Waals surface area contributed by atoms with Crippen molar-refractivity contribution in [1.82, 2.24) is 19.7 Å². The number of anilines is 2. The number of aryl methyl sites for hydroxylation is 2. The first-order valence-electron chi connectivity index (χ1n) is 10.9. The molecule has 0 bridgehead atoms. The number of amides is 1. The predicted molar refractivity (Wildman–Crippen MR) is 133 cm³/mol. The van der Waals surface area contributed by atoms with Gasteiger partial charge in [-0.25, -0.2) is 9.97 Å². The Balaban J connectivity index is 1.40. The molecule has 4 aromatic rings. The van der Waals surface area contributed by atoms with Gasteiger partial charge in [-0.15, -0.1) is 0 Å². The Labute approximate surface area is 197 Å². The molecular formula is C26H23N7O. The first-order valence-corrected chi connectivity index (χ1v) is 10.9. The molecule has 8 nitrogen and oxygen atoms in total. The van der Waals surface area contributed by atoms with E-state index in [1.807, 2.05) is 54.8 Å². The van der Waals surface area contributed by atoms with E-state index in [1.165, 1.54) is 0 Å². The van der Waals surface area contributed by atoms with Crippen LogP contribution in [0.2, 0.25) is 0 Å². The van der Waals surface area contributed by atoms with Crippen LogP contribution in [-0.4, -0.2) is 39.3 Å². The molecule has 4 heterocycles. The van der Waals surface area contributed by atoms with E-state index in [4.69, 9.17) is 0 Å². The van der Waals surface area contributed by atoms with Crippen LogP contribution in [0.25, 0.3) is 5.65 Å². The number of carbonyl (C=O) groups is 1. The molecule has 3 aromatic heterocycles. The quantitative estimate of drug-likeness (QED) is 0.417. The van der Waals surface area contributed by atoms with Crippen LogP contribution >= 0.6 is 0 Å². The summed E-state index contributed by atoms with van der Waals surface area (Å²) < 4.78 is 1.94. The third kappa shape index (κ3) is 4.51. The highest BCUT2D eigenvalue weighted by molar-refractivity contribution is 6.04. The number of benzene rings is 1. The van der Waals surface area contributed by atoms with Gasteiger partial charge in [0, 0.05) is 23.5 Å². The van der Waals surface area contributed by atoms with Crippen LogP contribution < -0.4 is 16.0 Å². The number of fused-ring (bicyclic) bond motifs is 1. The summed E-state index contributed by atoms with van der Waals surface area (Å²) in [7, 11) is 0.